The van der Waals surface area contributed by atoms with Crippen molar-refractivity contribution in [1.29, 1.82) is 0 Å². The molecule has 0 aliphatic carbocycles. The fraction of sp³-hybridized carbons (Fsp3) is 0.286. The molecule has 0 saturated heterocycles. The van der Waals surface area contributed by atoms with Crippen LogP contribution >= 0.6 is 11.6 Å². The van der Waals surface area contributed by atoms with Crippen LogP contribution in [0.1, 0.15) is 12.7 Å². The fourth-order valence-electron chi connectivity index (χ4n) is 1.76. The van der Waals surface area contributed by atoms with E-state index < -0.39 is 0 Å². The summed E-state index contributed by atoms with van der Waals surface area (Å²) in [5, 5.41) is 6.51. The molecule has 2 aromatic rings. The summed E-state index contributed by atoms with van der Waals surface area (Å²) < 4.78 is 18.3. The van der Waals surface area contributed by atoms with Gasteiger partial charge in [0.2, 0.25) is 0 Å². The number of hydrogen-bond donors (Lipinski definition) is 2. The summed E-state index contributed by atoms with van der Waals surface area (Å²) in [5.74, 6) is 1.32. The maximum absolute atomic E-state index is 13.3. The van der Waals surface area contributed by atoms with Gasteiger partial charge in [-0.3, -0.25) is 0 Å². The van der Waals surface area contributed by atoms with Crippen LogP contribution in [0.4, 0.5) is 21.7 Å². The van der Waals surface area contributed by atoms with Gasteiger partial charge >= 0.3 is 0 Å². The number of rotatable bonds is 6. The lowest BCUT2D eigenvalue weighted by molar-refractivity contribution is 0.178. The van der Waals surface area contributed by atoms with Crippen LogP contribution < -0.4 is 10.6 Å². The van der Waals surface area contributed by atoms with E-state index in [0.29, 0.717) is 28.2 Å². The molecule has 0 saturated carbocycles. The summed E-state index contributed by atoms with van der Waals surface area (Å²) in [6, 6.07) is 5.83. The minimum Gasteiger partial charge on any atom is -0.377 e. The summed E-state index contributed by atoms with van der Waals surface area (Å²) in [7, 11) is 1.57. The number of benzene rings is 1. The molecule has 5 nitrogen and oxygen atoms in total. The number of nitrogens with one attached hydrogen (secondary N) is 2. The van der Waals surface area contributed by atoms with E-state index in [1.807, 2.05) is 6.92 Å². The van der Waals surface area contributed by atoms with Crippen LogP contribution in [0.15, 0.2) is 24.3 Å². The molecule has 1 aromatic heterocycles. The molecule has 0 atom stereocenters. The van der Waals surface area contributed by atoms with Gasteiger partial charge < -0.3 is 15.4 Å². The first-order valence-electron chi connectivity index (χ1n) is 6.45. The predicted octanol–water partition coefficient (Wildman–Crippen LogP) is 3.59. The highest BCUT2D eigenvalue weighted by Crippen LogP contribution is 2.26. The molecule has 0 bridgehead atoms. The third kappa shape index (κ3) is 4.27. The van der Waals surface area contributed by atoms with E-state index in [0.717, 1.165) is 6.54 Å². The molecule has 0 aliphatic rings. The Labute approximate surface area is 127 Å². The van der Waals surface area contributed by atoms with Crippen LogP contribution in [-0.2, 0) is 11.3 Å². The van der Waals surface area contributed by atoms with E-state index in [1.54, 1.807) is 13.2 Å². The number of ether oxygens (including phenoxy) is 1. The molecule has 2 N–H and O–H groups in total. The minimum absolute atomic E-state index is 0.283. The van der Waals surface area contributed by atoms with Gasteiger partial charge in [0.05, 0.1) is 10.7 Å². The van der Waals surface area contributed by atoms with Crippen LogP contribution in [0.2, 0.25) is 5.02 Å². The van der Waals surface area contributed by atoms with E-state index >= 15 is 0 Å². The molecule has 7 heteroatoms. The van der Waals surface area contributed by atoms with Crippen molar-refractivity contribution < 1.29 is 9.13 Å². The van der Waals surface area contributed by atoms with Gasteiger partial charge in [-0.05, 0) is 25.1 Å². The van der Waals surface area contributed by atoms with Gasteiger partial charge in [-0.2, -0.15) is 0 Å². The molecule has 21 heavy (non-hydrogen) atoms. The SMILES string of the molecule is CCNc1cc(Nc2cc(F)ccc2Cl)nc(COC)n1. The van der Waals surface area contributed by atoms with Gasteiger partial charge in [0.1, 0.15) is 24.1 Å². The van der Waals surface area contributed by atoms with Crippen molar-refractivity contribution in [3.8, 4) is 0 Å². The Morgan fingerprint density at radius 3 is 2.71 bits per heavy atom. The highest BCUT2D eigenvalue weighted by molar-refractivity contribution is 6.33. The molecule has 1 heterocycles. The lowest BCUT2D eigenvalue weighted by atomic mass is 10.3. The second-order valence-corrected chi connectivity index (χ2v) is 4.67. The molecule has 112 valence electrons. The standard InChI is InChI=1S/C14H16ClFN4O/c1-3-17-12-7-13(20-14(19-12)8-21-2)18-11-6-9(16)4-5-10(11)15/h4-7H,3,8H2,1-2H3,(H2,17,18,19,20). The number of halogens is 2. The number of nitrogens with zero attached hydrogens (tertiary/aromatic N) is 2. The van der Waals surface area contributed by atoms with Crippen LogP contribution in [0, 0.1) is 5.82 Å². The average molecular weight is 311 g/mol. The molecular formula is C14H16ClFN4O. The van der Waals surface area contributed by atoms with Crippen molar-refractivity contribution in [3.63, 3.8) is 0 Å². The van der Waals surface area contributed by atoms with Crippen LogP contribution in [0.5, 0.6) is 0 Å². The second kappa shape index (κ2) is 7.19. The summed E-state index contributed by atoms with van der Waals surface area (Å²) in [5.41, 5.74) is 0.446. The Morgan fingerprint density at radius 2 is 2.00 bits per heavy atom. The Morgan fingerprint density at radius 1 is 1.24 bits per heavy atom. The summed E-state index contributed by atoms with van der Waals surface area (Å²) >= 11 is 6.04. The highest BCUT2D eigenvalue weighted by atomic mass is 35.5. The number of anilines is 3. The molecule has 2 rings (SSSR count). The first-order valence-corrected chi connectivity index (χ1v) is 6.83. The van der Waals surface area contributed by atoms with Crippen molar-refractivity contribution >= 4 is 28.9 Å². The van der Waals surface area contributed by atoms with Gasteiger partial charge in [0, 0.05) is 19.7 Å². The number of aromatic nitrogens is 2. The third-order valence-electron chi connectivity index (χ3n) is 2.59. The van der Waals surface area contributed by atoms with Crippen molar-refractivity contribution in [2.24, 2.45) is 0 Å². The third-order valence-corrected chi connectivity index (χ3v) is 2.92. The Kier molecular flexibility index (Phi) is 5.30. The molecule has 0 unspecified atom stereocenters. The molecule has 0 spiro atoms. The van der Waals surface area contributed by atoms with Crippen molar-refractivity contribution in [1.82, 2.24) is 9.97 Å². The van der Waals surface area contributed by atoms with Crippen molar-refractivity contribution in [3.05, 3.63) is 40.9 Å². The van der Waals surface area contributed by atoms with Gasteiger partial charge in [-0.15, -0.1) is 0 Å². The summed E-state index contributed by atoms with van der Waals surface area (Å²) in [6.45, 7) is 2.98. The largest absolute Gasteiger partial charge is 0.377 e. The maximum Gasteiger partial charge on any atom is 0.158 e. The van der Waals surface area contributed by atoms with Crippen LogP contribution in [0.25, 0.3) is 0 Å². The Balaban J connectivity index is 2.31. The van der Waals surface area contributed by atoms with Gasteiger partial charge in [-0.1, -0.05) is 11.6 Å². The normalized spacial score (nSPS) is 10.5. The van der Waals surface area contributed by atoms with Gasteiger partial charge in [0.15, 0.2) is 5.82 Å². The van der Waals surface area contributed by atoms with E-state index in [9.17, 15) is 4.39 Å². The van der Waals surface area contributed by atoms with E-state index in [-0.39, 0.29) is 12.4 Å². The quantitative estimate of drug-likeness (QED) is 0.854. The lowest BCUT2D eigenvalue weighted by Crippen LogP contribution is -2.07. The van der Waals surface area contributed by atoms with E-state index in [4.69, 9.17) is 16.3 Å². The second-order valence-electron chi connectivity index (χ2n) is 4.27. The average Bonchev–Trinajstić information content (AvgIpc) is 2.43. The topological polar surface area (TPSA) is 59.1 Å². The molecular weight excluding hydrogens is 295 g/mol. The maximum atomic E-state index is 13.3. The lowest BCUT2D eigenvalue weighted by Gasteiger charge is -2.11. The van der Waals surface area contributed by atoms with E-state index in [1.165, 1.54) is 18.2 Å². The van der Waals surface area contributed by atoms with Gasteiger partial charge in [0.25, 0.3) is 0 Å². The van der Waals surface area contributed by atoms with Crippen LogP contribution in [-0.4, -0.2) is 23.6 Å². The Bertz CT molecular complexity index is 600. The van der Waals surface area contributed by atoms with Crippen molar-refractivity contribution in [2.75, 3.05) is 24.3 Å². The molecule has 1 aromatic carbocycles. The molecule has 0 fully saturated rings. The van der Waals surface area contributed by atoms with Gasteiger partial charge in [-0.25, -0.2) is 14.4 Å². The summed E-state index contributed by atoms with van der Waals surface area (Å²) in [6.07, 6.45) is 0. The zero-order valence-electron chi connectivity index (χ0n) is 11.8. The summed E-state index contributed by atoms with van der Waals surface area (Å²) in [4.78, 5) is 8.60. The first-order chi connectivity index (χ1) is 10.1. The van der Waals surface area contributed by atoms with Crippen LogP contribution in [0.3, 0.4) is 0 Å². The minimum atomic E-state index is -0.375. The first kappa shape index (κ1) is 15.5. The fourth-order valence-corrected chi connectivity index (χ4v) is 1.92. The monoisotopic (exact) mass is 310 g/mol. The zero-order chi connectivity index (χ0) is 15.2. The zero-order valence-corrected chi connectivity index (χ0v) is 12.5. The predicted molar refractivity (Wildman–Crippen MR) is 81.6 cm³/mol. The number of methoxy groups -OCH3 is 1. The number of hydrogen-bond acceptors (Lipinski definition) is 5. The smallest absolute Gasteiger partial charge is 0.158 e. The molecule has 0 amide bonds. The van der Waals surface area contributed by atoms with Crippen molar-refractivity contribution in [2.45, 2.75) is 13.5 Å². The van der Waals surface area contributed by atoms with E-state index in [2.05, 4.69) is 20.6 Å². The Hall–Kier alpha value is -1.92. The highest BCUT2D eigenvalue weighted by Gasteiger charge is 2.07. The molecule has 0 aliphatic heterocycles. The molecule has 0 radical (unpaired) electrons.